The molecular weight excluding hydrogens is 354 g/mol. The van der Waals surface area contributed by atoms with Crippen LogP contribution in [0.4, 0.5) is 0 Å². The first kappa shape index (κ1) is 17.7. The highest BCUT2D eigenvalue weighted by atomic mass is 32.2. The molecule has 2 aromatic rings. The van der Waals surface area contributed by atoms with Gasteiger partial charge in [-0.3, -0.25) is 0 Å². The summed E-state index contributed by atoms with van der Waals surface area (Å²) in [4.78, 5) is 0. The zero-order chi connectivity index (χ0) is 18.7. The van der Waals surface area contributed by atoms with Gasteiger partial charge >= 0.3 is 0 Å². The van der Waals surface area contributed by atoms with Gasteiger partial charge in [0.1, 0.15) is 0 Å². The summed E-state index contributed by atoms with van der Waals surface area (Å²) in [6, 6.07) is 17.1. The summed E-state index contributed by atoms with van der Waals surface area (Å²) in [7, 11) is -3.48. The van der Waals surface area contributed by atoms with E-state index in [1.165, 1.54) is 0 Å². The fourth-order valence-corrected chi connectivity index (χ4v) is 5.27. The van der Waals surface area contributed by atoms with Crippen molar-refractivity contribution in [1.29, 1.82) is 0 Å². The summed E-state index contributed by atoms with van der Waals surface area (Å²) in [5, 5.41) is 0. The third-order valence-electron chi connectivity index (χ3n) is 4.85. The molecule has 0 spiro atoms. The van der Waals surface area contributed by atoms with Crippen molar-refractivity contribution in [1.82, 2.24) is 4.31 Å². The van der Waals surface area contributed by atoms with Crippen molar-refractivity contribution in [3.63, 3.8) is 0 Å². The van der Waals surface area contributed by atoms with Gasteiger partial charge in [-0.25, -0.2) is 8.42 Å². The number of fused-ring (bicyclic) bond motifs is 1. The minimum Gasteiger partial charge on any atom is -0.212 e. The molecule has 0 radical (unpaired) electrons. The van der Waals surface area contributed by atoms with Gasteiger partial charge in [0.25, 0.3) is 0 Å². The molecule has 0 bridgehead atoms. The van der Waals surface area contributed by atoms with Gasteiger partial charge in [0, 0.05) is 6.54 Å². The molecule has 0 amide bonds. The quantitative estimate of drug-likeness (QED) is 0.778. The second-order valence-electron chi connectivity index (χ2n) is 6.68. The number of allylic oxidation sites excluding steroid dienone is 6. The maximum Gasteiger partial charge on any atom is 0.219 e. The van der Waals surface area contributed by atoms with Crippen LogP contribution in [0.25, 0.3) is 0 Å². The summed E-state index contributed by atoms with van der Waals surface area (Å²) in [6.07, 6.45) is 13.8. The van der Waals surface area contributed by atoms with Gasteiger partial charge in [-0.2, -0.15) is 4.31 Å². The van der Waals surface area contributed by atoms with Crippen LogP contribution in [0.15, 0.2) is 103 Å². The van der Waals surface area contributed by atoms with E-state index in [2.05, 4.69) is 0 Å². The smallest absolute Gasteiger partial charge is 0.212 e. The fourth-order valence-electron chi connectivity index (χ4n) is 3.60. The van der Waals surface area contributed by atoms with Crippen LogP contribution in [0.5, 0.6) is 0 Å². The normalized spacial score (nSPS) is 24.9. The van der Waals surface area contributed by atoms with Crippen LogP contribution in [0.2, 0.25) is 0 Å². The van der Waals surface area contributed by atoms with Crippen LogP contribution in [0.1, 0.15) is 22.7 Å². The molecule has 1 atom stereocenters. The van der Waals surface area contributed by atoms with Gasteiger partial charge in [0.05, 0.1) is 11.8 Å². The Bertz CT molecular complexity index is 1050. The molecule has 1 aliphatic heterocycles. The Morgan fingerprint density at radius 1 is 0.852 bits per heavy atom. The van der Waals surface area contributed by atoms with E-state index in [1.807, 2.05) is 97.1 Å². The molecule has 0 saturated heterocycles. The van der Waals surface area contributed by atoms with E-state index < -0.39 is 10.0 Å². The standard InChI is InChI=1S/C23H21NO2S/c25-27(26,18-19-11-5-4-6-12-19)24-17-21-15-9-10-16-22(21)23(24)20-13-7-2-1-3-8-14-20/h1-16,23H,17-18H2/b2-1-,3-1?,7-2?,8-3-,13-7-,14-8?,20-13?,20-14+. The monoisotopic (exact) mass is 375 g/mol. The fraction of sp³-hybridized carbons (Fsp3) is 0.130. The molecular formula is C23H21NO2S. The highest BCUT2D eigenvalue weighted by molar-refractivity contribution is 7.88. The lowest BCUT2D eigenvalue weighted by Crippen LogP contribution is -2.31. The Morgan fingerprint density at radius 2 is 1.56 bits per heavy atom. The first-order valence-electron chi connectivity index (χ1n) is 8.98. The van der Waals surface area contributed by atoms with Crippen LogP contribution >= 0.6 is 0 Å². The summed E-state index contributed by atoms with van der Waals surface area (Å²) in [5.41, 5.74) is 3.90. The second kappa shape index (κ2) is 7.51. The molecule has 1 unspecified atom stereocenters. The van der Waals surface area contributed by atoms with Gasteiger partial charge < -0.3 is 0 Å². The van der Waals surface area contributed by atoms with Crippen molar-refractivity contribution in [3.05, 3.63) is 119 Å². The molecule has 1 heterocycles. The van der Waals surface area contributed by atoms with E-state index in [9.17, 15) is 8.42 Å². The van der Waals surface area contributed by atoms with Gasteiger partial charge in [0.2, 0.25) is 10.0 Å². The van der Waals surface area contributed by atoms with Crippen molar-refractivity contribution in [2.24, 2.45) is 0 Å². The van der Waals surface area contributed by atoms with Crippen LogP contribution < -0.4 is 0 Å². The van der Waals surface area contributed by atoms with E-state index in [-0.39, 0.29) is 11.8 Å². The number of nitrogens with zero attached hydrogens (tertiary/aromatic N) is 1. The summed E-state index contributed by atoms with van der Waals surface area (Å²) in [6.45, 7) is 0.404. The molecule has 0 saturated carbocycles. The predicted octanol–water partition coefficient (Wildman–Crippen LogP) is 4.68. The first-order chi connectivity index (χ1) is 13.1. The molecule has 2 aromatic carbocycles. The minimum absolute atomic E-state index is 0.00502. The van der Waals surface area contributed by atoms with Crippen molar-refractivity contribution < 1.29 is 8.42 Å². The maximum atomic E-state index is 13.3. The van der Waals surface area contributed by atoms with E-state index in [1.54, 1.807) is 4.31 Å². The number of sulfonamides is 1. The Morgan fingerprint density at radius 3 is 2.41 bits per heavy atom. The Labute approximate surface area is 160 Å². The minimum atomic E-state index is -3.48. The Kier molecular flexibility index (Phi) is 4.92. The van der Waals surface area contributed by atoms with Gasteiger partial charge in [-0.15, -0.1) is 0 Å². The third kappa shape index (κ3) is 3.72. The Hall–Kier alpha value is -2.69. The number of hydrogen-bond donors (Lipinski definition) is 0. The van der Waals surface area contributed by atoms with Crippen molar-refractivity contribution in [3.8, 4) is 0 Å². The maximum absolute atomic E-state index is 13.3. The Balaban J connectivity index is 1.75. The number of hydrogen-bond acceptors (Lipinski definition) is 2. The van der Waals surface area contributed by atoms with E-state index in [0.717, 1.165) is 22.3 Å². The molecule has 3 nitrogen and oxygen atoms in total. The summed E-state index contributed by atoms with van der Waals surface area (Å²) < 4.78 is 28.3. The van der Waals surface area contributed by atoms with Gasteiger partial charge in [-0.1, -0.05) is 97.1 Å². The SMILES string of the molecule is O=S(=O)(Cc1ccccc1)N1Cc2ccccc2C1C1=C/C=C\C=C/C=C\1. The molecule has 2 aliphatic rings. The first-order valence-corrected chi connectivity index (χ1v) is 10.6. The van der Waals surface area contributed by atoms with Crippen molar-refractivity contribution >= 4 is 10.0 Å². The van der Waals surface area contributed by atoms with Crippen LogP contribution in [-0.2, 0) is 22.3 Å². The molecule has 27 heavy (non-hydrogen) atoms. The molecule has 4 rings (SSSR count). The average molecular weight is 375 g/mol. The molecule has 1 aliphatic carbocycles. The van der Waals surface area contributed by atoms with Gasteiger partial charge in [-0.05, 0) is 22.3 Å². The lowest BCUT2D eigenvalue weighted by molar-refractivity contribution is 0.386. The van der Waals surface area contributed by atoms with Crippen molar-refractivity contribution in [2.45, 2.75) is 18.3 Å². The zero-order valence-electron chi connectivity index (χ0n) is 14.9. The zero-order valence-corrected chi connectivity index (χ0v) is 15.7. The molecule has 0 aromatic heterocycles. The van der Waals surface area contributed by atoms with Gasteiger partial charge in [0.15, 0.2) is 0 Å². The highest BCUT2D eigenvalue weighted by Gasteiger charge is 2.39. The van der Waals surface area contributed by atoms with Crippen LogP contribution in [-0.4, -0.2) is 12.7 Å². The molecule has 4 heteroatoms. The van der Waals surface area contributed by atoms with Crippen molar-refractivity contribution in [2.75, 3.05) is 0 Å². The summed E-state index contributed by atoms with van der Waals surface area (Å²) in [5.74, 6) is 0.00502. The topological polar surface area (TPSA) is 37.4 Å². The lowest BCUT2D eigenvalue weighted by Gasteiger charge is -2.26. The van der Waals surface area contributed by atoms with E-state index in [0.29, 0.717) is 6.54 Å². The number of rotatable bonds is 4. The largest absolute Gasteiger partial charge is 0.219 e. The molecule has 136 valence electrons. The number of benzene rings is 2. The highest BCUT2D eigenvalue weighted by Crippen LogP contribution is 2.41. The second-order valence-corrected chi connectivity index (χ2v) is 8.61. The lowest BCUT2D eigenvalue weighted by atomic mass is 9.97. The van der Waals surface area contributed by atoms with Crippen LogP contribution in [0.3, 0.4) is 0 Å². The van der Waals surface area contributed by atoms with E-state index in [4.69, 9.17) is 0 Å². The van der Waals surface area contributed by atoms with E-state index >= 15 is 0 Å². The predicted molar refractivity (Wildman–Crippen MR) is 109 cm³/mol. The third-order valence-corrected chi connectivity index (χ3v) is 6.60. The molecule has 0 N–H and O–H groups in total. The summed E-state index contributed by atoms with van der Waals surface area (Å²) >= 11 is 0. The average Bonchev–Trinajstić information content (AvgIpc) is 3.03. The molecule has 0 fully saturated rings. The van der Waals surface area contributed by atoms with Crippen LogP contribution in [0, 0.1) is 0 Å².